The van der Waals surface area contributed by atoms with E-state index in [-0.39, 0.29) is 23.2 Å². The van der Waals surface area contributed by atoms with Gasteiger partial charge in [0.15, 0.2) is 5.76 Å². The van der Waals surface area contributed by atoms with Gasteiger partial charge in [-0.15, -0.1) is 0 Å². The number of hydrogen-bond donors (Lipinski definition) is 1. The van der Waals surface area contributed by atoms with E-state index >= 15 is 0 Å². The monoisotopic (exact) mass is 278 g/mol. The first-order valence-electron chi connectivity index (χ1n) is 7.49. The molecule has 0 aromatic carbocycles. The number of aromatic carboxylic acids is 1. The summed E-state index contributed by atoms with van der Waals surface area (Å²) in [7, 11) is 0. The van der Waals surface area contributed by atoms with E-state index in [4.69, 9.17) is 9.52 Å². The first kappa shape index (κ1) is 14.8. The molecule has 4 heteroatoms. The number of ketones is 1. The van der Waals surface area contributed by atoms with Crippen molar-refractivity contribution in [3.05, 3.63) is 23.7 Å². The van der Waals surface area contributed by atoms with Crippen molar-refractivity contribution in [1.29, 1.82) is 0 Å². The summed E-state index contributed by atoms with van der Waals surface area (Å²) in [6.45, 7) is 2.20. The molecule has 0 aliphatic heterocycles. The number of carboxylic acids is 1. The zero-order chi connectivity index (χ0) is 14.5. The number of furan rings is 1. The Morgan fingerprint density at radius 1 is 1.20 bits per heavy atom. The Morgan fingerprint density at radius 3 is 2.40 bits per heavy atom. The van der Waals surface area contributed by atoms with Crippen LogP contribution in [-0.4, -0.2) is 16.9 Å². The molecule has 1 aromatic rings. The van der Waals surface area contributed by atoms with E-state index in [9.17, 15) is 9.59 Å². The van der Waals surface area contributed by atoms with Gasteiger partial charge in [0.2, 0.25) is 11.5 Å². The molecule has 0 amide bonds. The normalized spacial score (nSPS) is 22.6. The highest BCUT2D eigenvalue weighted by Gasteiger charge is 2.28. The fraction of sp³-hybridized carbons (Fsp3) is 0.625. The molecule has 1 fully saturated rings. The van der Waals surface area contributed by atoms with E-state index < -0.39 is 5.97 Å². The minimum atomic E-state index is -1.13. The van der Waals surface area contributed by atoms with Crippen LogP contribution in [0.15, 0.2) is 16.5 Å². The summed E-state index contributed by atoms with van der Waals surface area (Å²) in [4.78, 5) is 23.0. The number of carbonyl (C=O) groups excluding carboxylic acids is 1. The van der Waals surface area contributed by atoms with Crippen molar-refractivity contribution in [2.75, 3.05) is 0 Å². The smallest absolute Gasteiger partial charge is 0.371 e. The number of carbonyl (C=O) groups is 2. The average molecular weight is 278 g/mol. The van der Waals surface area contributed by atoms with E-state index in [1.165, 1.54) is 31.4 Å². The third-order valence-electron chi connectivity index (χ3n) is 4.24. The van der Waals surface area contributed by atoms with Crippen LogP contribution >= 0.6 is 0 Å². The average Bonchev–Trinajstić information content (AvgIpc) is 2.95. The second-order valence-corrected chi connectivity index (χ2v) is 5.69. The van der Waals surface area contributed by atoms with Gasteiger partial charge in [-0.3, -0.25) is 4.79 Å². The zero-order valence-corrected chi connectivity index (χ0v) is 11.9. The van der Waals surface area contributed by atoms with Crippen LogP contribution in [0.3, 0.4) is 0 Å². The van der Waals surface area contributed by atoms with Crippen LogP contribution < -0.4 is 0 Å². The number of rotatable bonds is 6. The fourth-order valence-corrected chi connectivity index (χ4v) is 2.99. The molecule has 1 N–H and O–H groups in total. The summed E-state index contributed by atoms with van der Waals surface area (Å²) in [6, 6.07) is 2.83. The van der Waals surface area contributed by atoms with Crippen LogP contribution in [0.25, 0.3) is 0 Å². The van der Waals surface area contributed by atoms with Gasteiger partial charge >= 0.3 is 5.97 Å². The van der Waals surface area contributed by atoms with Gasteiger partial charge in [-0.25, -0.2) is 4.79 Å². The Labute approximate surface area is 119 Å². The second-order valence-electron chi connectivity index (χ2n) is 5.69. The Morgan fingerprint density at radius 2 is 1.85 bits per heavy atom. The molecule has 1 aromatic heterocycles. The van der Waals surface area contributed by atoms with Crippen LogP contribution in [-0.2, 0) is 0 Å². The fourth-order valence-electron chi connectivity index (χ4n) is 2.99. The lowest BCUT2D eigenvalue weighted by atomic mass is 9.78. The van der Waals surface area contributed by atoms with Crippen molar-refractivity contribution in [1.82, 2.24) is 0 Å². The van der Waals surface area contributed by atoms with Crippen LogP contribution in [0.4, 0.5) is 0 Å². The predicted octanol–water partition coefficient (Wildman–Crippen LogP) is 4.16. The van der Waals surface area contributed by atoms with Gasteiger partial charge in [0.1, 0.15) is 0 Å². The Hall–Kier alpha value is -1.58. The molecule has 0 saturated heterocycles. The summed E-state index contributed by atoms with van der Waals surface area (Å²) in [5, 5.41) is 8.80. The van der Waals surface area contributed by atoms with Crippen molar-refractivity contribution in [3.8, 4) is 0 Å². The van der Waals surface area contributed by atoms with Crippen LogP contribution in [0.2, 0.25) is 0 Å². The highest BCUT2D eigenvalue weighted by molar-refractivity contribution is 5.96. The van der Waals surface area contributed by atoms with E-state index in [1.54, 1.807) is 0 Å². The molecular weight excluding hydrogens is 256 g/mol. The zero-order valence-electron chi connectivity index (χ0n) is 11.9. The maximum absolute atomic E-state index is 12.3. The lowest BCUT2D eigenvalue weighted by molar-refractivity contribution is 0.0658. The summed E-state index contributed by atoms with van der Waals surface area (Å²) >= 11 is 0. The molecule has 4 nitrogen and oxygen atoms in total. The van der Waals surface area contributed by atoms with Gasteiger partial charge in [-0.1, -0.05) is 26.2 Å². The SMILES string of the molecule is CCCCC1CCC(C(=O)c2ccc(C(=O)O)o2)CC1. The standard InChI is InChI=1S/C16H22O4/c1-2-3-4-11-5-7-12(8-6-11)15(17)13-9-10-14(20-13)16(18)19/h9-12H,2-8H2,1H3,(H,18,19). The van der Waals surface area contributed by atoms with E-state index in [0.29, 0.717) is 0 Å². The lowest BCUT2D eigenvalue weighted by Gasteiger charge is -2.27. The van der Waals surface area contributed by atoms with Gasteiger partial charge < -0.3 is 9.52 Å². The molecule has 1 aliphatic carbocycles. The Bertz CT molecular complexity index is 467. The molecule has 0 radical (unpaired) electrons. The summed E-state index contributed by atoms with van der Waals surface area (Å²) in [5.41, 5.74) is 0. The quantitative estimate of drug-likeness (QED) is 0.793. The first-order valence-corrected chi connectivity index (χ1v) is 7.49. The highest BCUT2D eigenvalue weighted by Crippen LogP contribution is 2.33. The molecule has 0 unspecified atom stereocenters. The first-order chi connectivity index (χ1) is 9.61. The molecule has 110 valence electrons. The van der Waals surface area contributed by atoms with E-state index in [2.05, 4.69) is 6.92 Å². The summed E-state index contributed by atoms with van der Waals surface area (Å²) < 4.78 is 5.10. The molecule has 0 atom stereocenters. The van der Waals surface area contributed by atoms with Crippen LogP contribution in [0, 0.1) is 11.8 Å². The van der Waals surface area contributed by atoms with Crippen molar-refractivity contribution in [2.24, 2.45) is 11.8 Å². The van der Waals surface area contributed by atoms with Gasteiger partial charge in [-0.05, 0) is 43.7 Å². The second kappa shape index (κ2) is 6.73. The van der Waals surface area contributed by atoms with Gasteiger partial charge in [-0.2, -0.15) is 0 Å². The molecule has 1 heterocycles. The van der Waals surface area contributed by atoms with Crippen LogP contribution in [0.1, 0.15) is 73.0 Å². The number of hydrogen-bond acceptors (Lipinski definition) is 3. The molecule has 20 heavy (non-hydrogen) atoms. The summed E-state index contributed by atoms with van der Waals surface area (Å²) in [5.74, 6) is -0.381. The van der Waals surface area contributed by atoms with Crippen molar-refractivity contribution in [3.63, 3.8) is 0 Å². The molecule has 1 aliphatic rings. The van der Waals surface area contributed by atoms with Crippen LogP contribution in [0.5, 0.6) is 0 Å². The van der Waals surface area contributed by atoms with Gasteiger partial charge in [0, 0.05) is 5.92 Å². The lowest BCUT2D eigenvalue weighted by Crippen LogP contribution is -2.21. The largest absolute Gasteiger partial charge is 0.475 e. The Balaban J connectivity index is 1.89. The predicted molar refractivity (Wildman–Crippen MR) is 75.0 cm³/mol. The highest BCUT2D eigenvalue weighted by atomic mass is 16.4. The maximum atomic E-state index is 12.3. The number of unbranched alkanes of at least 4 members (excludes halogenated alkanes) is 1. The number of carboxylic acid groups (broad SMARTS) is 1. The van der Waals surface area contributed by atoms with Crippen molar-refractivity contribution in [2.45, 2.75) is 51.9 Å². The minimum Gasteiger partial charge on any atom is -0.475 e. The summed E-state index contributed by atoms with van der Waals surface area (Å²) in [6.07, 6.45) is 7.76. The Kier molecular flexibility index (Phi) is 4.99. The minimum absolute atomic E-state index is 0.000622. The molecule has 1 saturated carbocycles. The van der Waals surface area contributed by atoms with Gasteiger partial charge in [0.05, 0.1) is 0 Å². The molecule has 2 rings (SSSR count). The van der Waals surface area contributed by atoms with Crippen molar-refractivity contribution < 1.29 is 19.1 Å². The molecule has 0 bridgehead atoms. The van der Waals surface area contributed by atoms with Gasteiger partial charge in [0.25, 0.3) is 0 Å². The van der Waals surface area contributed by atoms with Crippen molar-refractivity contribution >= 4 is 11.8 Å². The maximum Gasteiger partial charge on any atom is 0.371 e. The third kappa shape index (κ3) is 3.50. The number of Topliss-reactive ketones (excluding diaryl/α,β-unsaturated/α-hetero) is 1. The van der Waals surface area contributed by atoms with E-state index in [0.717, 1.165) is 31.6 Å². The third-order valence-corrected chi connectivity index (χ3v) is 4.24. The van der Waals surface area contributed by atoms with E-state index in [1.807, 2.05) is 0 Å². The topological polar surface area (TPSA) is 67.5 Å². The molecular formula is C16H22O4. The molecule has 0 spiro atoms.